The van der Waals surface area contributed by atoms with Gasteiger partial charge >= 0.3 is 0 Å². The minimum absolute atomic E-state index is 0.560. The third kappa shape index (κ3) is 3.16. The van der Waals surface area contributed by atoms with Gasteiger partial charge in [-0.3, -0.25) is 4.98 Å². The number of aliphatic hydroxyl groups is 1. The number of hydrogen-bond donors (Lipinski definition) is 1. The number of aryl methyl sites for hydroxylation is 2. The summed E-state index contributed by atoms with van der Waals surface area (Å²) in [4.78, 5) is 9.41. The Morgan fingerprint density at radius 3 is 2.61 bits per heavy atom. The standard InChI is InChI=1S/C23H22N4O/c1-3-27-23-20(15-25-27)21(18-12-16(2)13-24-14-18)19(10-7-11-28)22(26-23)17-8-5-4-6-9-17/h4-9,11-15,28H,3,10H2,1-2H3/b11-7+. The van der Waals surface area contributed by atoms with E-state index >= 15 is 0 Å². The van der Waals surface area contributed by atoms with Crippen LogP contribution in [0.2, 0.25) is 0 Å². The lowest BCUT2D eigenvalue weighted by molar-refractivity contribution is 0.471. The van der Waals surface area contributed by atoms with Crippen molar-refractivity contribution in [3.8, 4) is 22.4 Å². The zero-order valence-electron chi connectivity index (χ0n) is 16.0. The van der Waals surface area contributed by atoms with E-state index in [4.69, 9.17) is 4.98 Å². The molecule has 0 spiro atoms. The van der Waals surface area contributed by atoms with Crippen LogP contribution in [0.25, 0.3) is 33.4 Å². The summed E-state index contributed by atoms with van der Waals surface area (Å²) < 4.78 is 1.92. The Kier molecular flexibility index (Phi) is 4.89. The second kappa shape index (κ2) is 7.64. The molecule has 0 fully saturated rings. The second-order valence-electron chi connectivity index (χ2n) is 6.72. The van der Waals surface area contributed by atoms with Crippen LogP contribution in [0.4, 0.5) is 0 Å². The fourth-order valence-electron chi connectivity index (χ4n) is 3.58. The molecule has 4 rings (SSSR count). The van der Waals surface area contributed by atoms with Crippen LogP contribution in [0.15, 0.2) is 67.3 Å². The molecule has 28 heavy (non-hydrogen) atoms. The van der Waals surface area contributed by atoms with Gasteiger partial charge in [-0.25, -0.2) is 9.67 Å². The van der Waals surface area contributed by atoms with Crippen molar-refractivity contribution < 1.29 is 5.11 Å². The number of benzene rings is 1. The Morgan fingerprint density at radius 2 is 1.89 bits per heavy atom. The summed E-state index contributed by atoms with van der Waals surface area (Å²) in [5.74, 6) is 0. The van der Waals surface area contributed by atoms with E-state index in [1.54, 1.807) is 6.08 Å². The molecule has 0 amide bonds. The predicted octanol–water partition coefficient (Wildman–Crippen LogP) is 5.10. The van der Waals surface area contributed by atoms with E-state index in [9.17, 15) is 5.11 Å². The summed E-state index contributed by atoms with van der Waals surface area (Å²) in [6.07, 6.45) is 9.00. The molecule has 0 saturated heterocycles. The molecule has 0 radical (unpaired) electrons. The maximum Gasteiger partial charge on any atom is 0.159 e. The molecule has 0 aliphatic heterocycles. The monoisotopic (exact) mass is 370 g/mol. The van der Waals surface area contributed by atoms with Gasteiger partial charge in [-0.15, -0.1) is 0 Å². The maximum absolute atomic E-state index is 9.32. The lowest BCUT2D eigenvalue weighted by Crippen LogP contribution is -2.02. The number of aliphatic hydroxyl groups excluding tert-OH is 1. The Morgan fingerprint density at radius 1 is 1.07 bits per heavy atom. The highest BCUT2D eigenvalue weighted by atomic mass is 16.2. The highest BCUT2D eigenvalue weighted by Crippen LogP contribution is 2.37. The molecule has 1 N–H and O–H groups in total. The van der Waals surface area contributed by atoms with E-state index in [2.05, 4.69) is 35.2 Å². The van der Waals surface area contributed by atoms with Gasteiger partial charge in [-0.05, 0) is 43.5 Å². The smallest absolute Gasteiger partial charge is 0.159 e. The number of aromatic nitrogens is 4. The molecule has 0 bridgehead atoms. The topological polar surface area (TPSA) is 63.8 Å². The summed E-state index contributed by atoms with van der Waals surface area (Å²) >= 11 is 0. The first-order valence-corrected chi connectivity index (χ1v) is 9.38. The molecule has 3 heterocycles. The molecule has 0 aliphatic rings. The Hall–Kier alpha value is -3.47. The lowest BCUT2D eigenvalue weighted by Gasteiger charge is -2.16. The minimum atomic E-state index is 0.560. The van der Waals surface area contributed by atoms with Gasteiger partial charge in [0.25, 0.3) is 0 Å². The van der Waals surface area contributed by atoms with Gasteiger partial charge in [-0.1, -0.05) is 30.3 Å². The number of allylic oxidation sites excluding steroid dienone is 1. The normalized spacial score (nSPS) is 11.5. The van der Waals surface area contributed by atoms with Gasteiger partial charge in [0.15, 0.2) is 5.65 Å². The van der Waals surface area contributed by atoms with Crippen LogP contribution in [-0.4, -0.2) is 24.9 Å². The van der Waals surface area contributed by atoms with Crippen molar-refractivity contribution in [2.75, 3.05) is 0 Å². The fraction of sp³-hybridized carbons (Fsp3) is 0.174. The summed E-state index contributed by atoms with van der Waals surface area (Å²) in [6, 6.07) is 12.3. The molecule has 3 aromatic heterocycles. The average Bonchev–Trinajstić information content (AvgIpc) is 3.14. The largest absolute Gasteiger partial charge is 0.516 e. The summed E-state index contributed by atoms with van der Waals surface area (Å²) in [5.41, 5.74) is 7.03. The highest BCUT2D eigenvalue weighted by molar-refractivity contribution is 5.97. The number of nitrogens with zero attached hydrogens (tertiary/aromatic N) is 4. The van der Waals surface area contributed by atoms with Crippen molar-refractivity contribution in [3.63, 3.8) is 0 Å². The number of hydrogen-bond acceptors (Lipinski definition) is 4. The van der Waals surface area contributed by atoms with Crippen LogP contribution in [0.3, 0.4) is 0 Å². The van der Waals surface area contributed by atoms with E-state index in [1.807, 2.05) is 48.4 Å². The number of rotatable bonds is 5. The summed E-state index contributed by atoms with van der Waals surface area (Å²) in [7, 11) is 0. The van der Waals surface area contributed by atoms with Crippen LogP contribution in [0.1, 0.15) is 18.1 Å². The summed E-state index contributed by atoms with van der Waals surface area (Å²) in [5, 5.41) is 14.9. The molecule has 140 valence electrons. The molecular formula is C23H22N4O. The zero-order valence-corrected chi connectivity index (χ0v) is 16.0. The van der Waals surface area contributed by atoms with E-state index in [-0.39, 0.29) is 0 Å². The Balaban J connectivity index is 2.13. The van der Waals surface area contributed by atoms with E-state index in [0.717, 1.165) is 57.4 Å². The average molecular weight is 370 g/mol. The first kappa shape index (κ1) is 17.9. The molecule has 5 heteroatoms. The van der Waals surface area contributed by atoms with Crippen LogP contribution in [0.5, 0.6) is 0 Å². The molecule has 0 aliphatic carbocycles. The van der Waals surface area contributed by atoms with E-state index < -0.39 is 0 Å². The van der Waals surface area contributed by atoms with Crippen molar-refractivity contribution in [2.24, 2.45) is 0 Å². The minimum Gasteiger partial charge on any atom is -0.516 e. The van der Waals surface area contributed by atoms with Gasteiger partial charge in [0.1, 0.15) is 0 Å². The number of pyridine rings is 2. The highest BCUT2D eigenvalue weighted by Gasteiger charge is 2.20. The van der Waals surface area contributed by atoms with Gasteiger partial charge in [0, 0.05) is 41.0 Å². The van der Waals surface area contributed by atoms with Crippen molar-refractivity contribution in [1.29, 1.82) is 0 Å². The van der Waals surface area contributed by atoms with E-state index in [0.29, 0.717) is 6.42 Å². The quantitative estimate of drug-likeness (QED) is 0.496. The van der Waals surface area contributed by atoms with Crippen LogP contribution < -0.4 is 0 Å². The fourth-order valence-corrected chi connectivity index (χ4v) is 3.58. The Labute approximate surface area is 164 Å². The third-order valence-corrected chi connectivity index (χ3v) is 4.82. The molecule has 1 aromatic carbocycles. The van der Waals surface area contributed by atoms with Gasteiger partial charge in [0.05, 0.1) is 18.2 Å². The van der Waals surface area contributed by atoms with Crippen LogP contribution in [-0.2, 0) is 13.0 Å². The summed E-state index contributed by atoms with van der Waals surface area (Å²) in [6.45, 7) is 4.84. The van der Waals surface area contributed by atoms with Gasteiger partial charge < -0.3 is 5.11 Å². The van der Waals surface area contributed by atoms with Gasteiger partial charge in [-0.2, -0.15) is 5.10 Å². The molecule has 4 aromatic rings. The lowest BCUT2D eigenvalue weighted by atomic mass is 9.92. The second-order valence-corrected chi connectivity index (χ2v) is 6.72. The molecule has 0 atom stereocenters. The first-order chi connectivity index (χ1) is 13.7. The maximum atomic E-state index is 9.32. The first-order valence-electron chi connectivity index (χ1n) is 9.38. The molecule has 5 nitrogen and oxygen atoms in total. The third-order valence-electron chi connectivity index (χ3n) is 4.82. The predicted molar refractivity (Wildman–Crippen MR) is 112 cm³/mol. The van der Waals surface area contributed by atoms with Gasteiger partial charge in [0.2, 0.25) is 0 Å². The Bertz CT molecular complexity index is 1150. The van der Waals surface area contributed by atoms with Crippen molar-refractivity contribution >= 4 is 11.0 Å². The van der Waals surface area contributed by atoms with Crippen LogP contribution in [0, 0.1) is 6.92 Å². The zero-order chi connectivity index (χ0) is 19.5. The molecular weight excluding hydrogens is 348 g/mol. The van der Waals surface area contributed by atoms with Crippen LogP contribution >= 0.6 is 0 Å². The molecule has 0 saturated carbocycles. The molecule has 0 unspecified atom stereocenters. The van der Waals surface area contributed by atoms with Crippen molar-refractivity contribution in [3.05, 3.63) is 78.5 Å². The SMILES string of the molecule is CCn1ncc2c(-c3cncc(C)c3)c(C/C=C/O)c(-c3ccccc3)nc21. The van der Waals surface area contributed by atoms with Crippen molar-refractivity contribution in [1.82, 2.24) is 19.7 Å². The number of fused-ring (bicyclic) bond motifs is 1. The van der Waals surface area contributed by atoms with E-state index in [1.165, 1.54) is 0 Å². The van der Waals surface area contributed by atoms with Crippen molar-refractivity contribution in [2.45, 2.75) is 26.8 Å².